The van der Waals surface area contributed by atoms with Gasteiger partial charge < -0.3 is 4.52 Å². The SMILES string of the molecule is CC1(C)[C@H](c2nc(-c3ccccn3)no2)[C@@H]1NS(=O)(=O)c1ccccc1. The van der Waals surface area contributed by atoms with Crippen LogP contribution in [0.4, 0.5) is 0 Å². The minimum Gasteiger partial charge on any atom is -0.339 e. The van der Waals surface area contributed by atoms with Crippen LogP contribution in [0.5, 0.6) is 0 Å². The first-order valence-corrected chi connectivity index (χ1v) is 9.70. The molecule has 0 unspecified atom stereocenters. The van der Waals surface area contributed by atoms with E-state index in [1.54, 1.807) is 42.6 Å². The smallest absolute Gasteiger partial charge is 0.240 e. The van der Waals surface area contributed by atoms with Crippen molar-refractivity contribution in [2.24, 2.45) is 5.41 Å². The van der Waals surface area contributed by atoms with Crippen molar-refractivity contribution in [1.82, 2.24) is 19.8 Å². The molecule has 134 valence electrons. The molecule has 4 rings (SSSR count). The van der Waals surface area contributed by atoms with E-state index in [0.29, 0.717) is 17.4 Å². The van der Waals surface area contributed by atoms with Gasteiger partial charge in [-0.1, -0.05) is 43.3 Å². The molecule has 7 nitrogen and oxygen atoms in total. The Kier molecular flexibility index (Phi) is 3.89. The molecule has 1 aliphatic carbocycles. The third-order valence-electron chi connectivity index (χ3n) is 4.76. The lowest BCUT2D eigenvalue weighted by Crippen LogP contribution is -2.29. The van der Waals surface area contributed by atoms with Gasteiger partial charge in [0.2, 0.25) is 21.7 Å². The lowest BCUT2D eigenvalue weighted by Gasteiger charge is -2.07. The molecule has 8 heteroatoms. The van der Waals surface area contributed by atoms with Crippen LogP contribution in [0.3, 0.4) is 0 Å². The molecule has 0 spiro atoms. The van der Waals surface area contributed by atoms with Crippen LogP contribution in [0.1, 0.15) is 25.7 Å². The topological polar surface area (TPSA) is 98.0 Å². The van der Waals surface area contributed by atoms with Gasteiger partial charge in [-0.25, -0.2) is 13.1 Å². The second-order valence-electron chi connectivity index (χ2n) is 6.88. The summed E-state index contributed by atoms with van der Waals surface area (Å²) >= 11 is 0. The Labute approximate surface area is 151 Å². The predicted octanol–water partition coefficient (Wildman–Crippen LogP) is 2.60. The fraction of sp³-hybridized carbons (Fsp3) is 0.278. The number of benzene rings is 1. The van der Waals surface area contributed by atoms with Crippen molar-refractivity contribution < 1.29 is 12.9 Å². The number of rotatable bonds is 5. The summed E-state index contributed by atoms with van der Waals surface area (Å²) in [6.45, 7) is 3.95. The monoisotopic (exact) mass is 370 g/mol. The largest absolute Gasteiger partial charge is 0.339 e. The molecule has 2 atom stereocenters. The van der Waals surface area contributed by atoms with E-state index < -0.39 is 10.0 Å². The molecule has 0 amide bonds. The molecule has 3 aromatic rings. The van der Waals surface area contributed by atoms with Crippen molar-refractivity contribution in [3.63, 3.8) is 0 Å². The number of hydrogen-bond donors (Lipinski definition) is 1. The molecule has 0 aliphatic heterocycles. The molecule has 0 bridgehead atoms. The van der Waals surface area contributed by atoms with Gasteiger partial charge in [0, 0.05) is 12.2 Å². The Bertz CT molecular complexity index is 1020. The maximum atomic E-state index is 12.6. The zero-order valence-corrected chi connectivity index (χ0v) is 15.1. The average molecular weight is 370 g/mol. The van der Waals surface area contributed by atoms with Gasteiger partial charge in [0.25, 0.3) is 0 Å². The van der Waals surface area contributed by atoms with E-state index in [1.807, 2.05) is 26.0 Å². The lowest BCUT2D eigenvalue weighted by atomic mass is 10.1. The van der Waals surface area contributed by atoms with E-state index in [1.165, 1.54) is 0 Å². The Morgan fingerprint density at radius 1 is 1.08 bits per heavy atom. The van der Waals surface area contributed by atoms with Crippen LogP contribution in [0.2, 0.25) is 0 Å². The zero-order chi connectivity index (χ0) is 18.4. The Hall–Kier alpha value is -2.58. The Morgan fingerprint density at radius 2 is 1.81 bits per heavy atom. The summed E-state index contributed by atoms with van der Waals surface area (Å²) in [6, 6.07) is 13.4. The van der Waals surface area contributed by atoms with Crippen molar-refractivity contribution in [2.45, 2.75) is 30.7 Å². The summed E-state index contributed by atoms with van der Waals surface area (Å²) in [5.41, 5.74) is 0.290. The average Bonchev–Trinajstić information content (AvgIpc) is 3.00. The van der Waals surface area contributed by atoms with Gasteiger partial charge in [0.05, 0.1) is 10.8 Å². The van der Waals surface area contributed by atoms with Crippen molar-refractivity contribution >= 4 is 10.0 Å². The summed E-state index contributed by atoms with van der Waals surface area (Å²) in [6.07, 6.45) is 1.66. The van der Waals surface area contributed by atoms with Gasteiger partial charge in [-0.15, -0.1) is 0 Å². The summed E-state index contributed by atoms with van der Waals surface area (Å²) in [5.74, 6) is 0.621. The zero-order valence-electron chi connectivity index (χ0n) is 14.3. The van der Waals surface area contributed by atoms with Crippen LogP contribution in [-0.2, 0) is 10.0 Å². The van der Waals surface area contributed by atoms with Crippen molar-refractivity contribution in [2.75, 3.05) is 0 Å². The van der Waals surface area contributed by atoms with Crippen LogP contribution >= 0.6 is 0 Å². The normalized spacial score (nSPS) is 21.5. The molecule has 1 aromatic carbocycles. The fourth-order valence-electron chi connectivity index (χ4n) is 3.11. The summed E-state index contributed by atoms with van der Waals surface area (Å²) in [5, 5.41) is 3.98. The highest BCUT2D eigenvalue weighted by atomic mass is 32.2. The first-order chi connectivity index (χ1) is 12.4. The molecular weight excluding hydrogens is 352 g/mol. The number of aromatic nitrogens is 3. The van der Waals surface area contributed by atoms with E-state index in [2.05, 4.69) is 19.8 Å². The van der Waals surface area contributed by atoms with Crippen molar-refractivity contribution in [1.29, 1.82) is 0 Å². The number of nitrogens with one attached hydrogen (secondary N) is 1. The van der Waals surface area contributed by atoms with E-state index in [-0.39, 0.29) is 22.3 Å². The summed E-state index contributed by atoms with van der Waals surface area (Å²) in [4.78, 5) is 8.85. The number of nitrogens with zero attached hydrogens (tertiary/aromatic N) is 3. The number of hydrogen-bond acceptors (Lipinski definition) is 6. The van der Waals surface area contributed by atoms with E-state index in [4.69, 9.17) is 4.52 Å². The van der Waals surface area contributed by atoms with Crippen LogP contribution in [0, 0.1) is 5.41 Å². The second-order valence-corrected chi connectivity index (χ2v) is 8.60. The molecule has 1 saturated carbocycles. The standard InChI is InChI=1S/C18H18N4O3S/c1-18(2)14(15(18)22-26(23,24)12-8-4-3-5-9-12)17-20-16(21-25-17)13-10-6-7-11-19-13/h3-11,14-15,22H,1-2H3/t14-,15-/m0/s1. The third kappa shape index (κ3) is 2.91. The van der Waals surface area contributed by atoms with E-state index >= 15 is 0 Å². The molecule has 0 saturated heterocycles. The molecule has 26 heavy (non-hydrogen) atoms. The maximum absolute atomic E-state index is 12.6. The van der Waals surface area contributed by atoms with Crippen LogP contribution in [-0.4, -0.2) is 29.6 Å². The highest BCUT2D eigenvalue weighted by molar-refractivity contribution is 7.89. The van der Waals surface area contributed by atoms with Crippen LogP contribution in [0.25, 0.3) is 11.5 Å². The van der Waals surface area contributed by atoms with Gasteiger partial charge in [0.15, 0.2) is 0 Å². The van der Waals surface area contributed by atoms with Gasteiger partial charge in [-0.05, 0) is 29.7 Å². The molecule has 2 aromatic heterocycles. The highest BCUT2D eigenvalue weighted by Gasteiger charge is 2.63. The van der Waals surface area contributed by atoms with E-state index in [0.717, 1.165) is 0 Å². The minimum atomic E-state index is -3.61. The molecule has 1 fully saturated rings. The van der Waals surface area contributed by atoms with Gasteiger partial charge >= 0.3 is 0 Å². The highest BCUT2D eigenvalue weighted by Crippen LogP contribution is 2.58. The first kappa shape index (κ1) is 16.9. The number of pyridine rings is 1. The minimum absolute atomic E-state index is 0.189. The van der Waals surface area contributed by atoms with Crippen molar-refractivity contribution in [3.05, 3.63) is 60.6 Å². The number of sulfonamides is 1. The Balaban J connectivity index is 1.57. The van der Waals surface area contributed by atoms with Gasteiger partial charge in [0.1, 0.15) is 5.69 Å². The molecule has 0 radical (unpaired) electrons. The van der Waals surface area contributed by atoms with Crippen LogP contribution in [0.15, 0.2) is 64.1 Å². The van der Waals surface area contributed by atoms with Gasteiger partial charge in [-0.2, -0.15) is 4.98 Å². The predicted molar refractivity (Wildman–Crippen MR) is 94.6 cm³/mol. The Morgan fingerprint density at radius 3 is 2.50 bits per heavy atom. The fourth-order valence-corrected chi connectivity index (χ4v) is 4.54. The third-order valence-corrected chi connectivity index (χ3v) is 6.22. The molecule has 2 heterocycles. The van der Waals surface area contributed by atoms with Crippen molar-refractivity contribution in [3.8, 4) is 11.5 Å². The molecule has 1 N–H and O–H groups in total. The van der Waals surface area contributed by atoms with E-state index in [9.17, 15) is 8.42 Å². The quantitative estimate of drug-likeness (QED) is 0.741. The first-order valence-electron chi connectivity index (χ1n) is 8.22. The lowest BCUT2D eigenvalue weighted by molar-refractivity contribution is 0.368. The maximum Gasteiger partial charge on any atom is 0.240 e. The van der Waals surface area contributed by atoms with Crippen LogP contribution < -0.4 is 4.72 Å². The molecular formula is C18H18N4O3S. The second kappa shape index (κ2) is 6.00. The molecule has 1 aliphatic rings. The summed E-state index contributed by atoms with van der Waals surface area (Å²) < 4.78 is 33.3. The summed E-state index contributed by atoms with van der Waals surface area (Å²) in [7, 11) is -3.61. The van der Waals surface area contributed by atoms with Gasteiger partial charge in [-0.3, -0.25) is 4.98 Å².